The molecule has 0 atom stereocenters. The van der Waals surface area contributed by atoms with Crippen LogP contribution < -0.4 is 10.7 Å². The van der Waals surface area contributed by atoms with Gasteiger partial charge in [-0.25, -0.2) is 4.79 Å². The number of hydrazine groups is 1. The van der Waals surface area contributed by atoms with E-state index in [-0.39, 0.29) is 16.9 Å². The Bertz CT molecular complexity index is 940. The molecule has 2 aromatic rings. The summed E-state index contributed by atoms with van der Waals surface area (Å²) in [6.45, 7) is 2.13. The Morgan fingerprint density at radius 2 is 2.00 bits per heavy atom. The van der Waals surface area contributed by atoms with Crippen molar-refractivity contribution in [3.8, 4) is 0 Å². The number of urea groups is 1. The maximum atomic E-state index is 12.8. The second kappa shape index (κ2) is 8.47. The molecule has 0 radical (unpaired) electrons. The zero-order chi connectivity index (χ0) is 21.1. The highest BCUT2D eigenvalue weighted by Crippen LogP contribution is 2.35. The van der Waals surface area contributed by atoms with Crippen LogP contribution in [-0.4, -0.2) is 44.3 Å². The Morgan fingerprint density at radius 3 is 2.73 bits per heavy atom. The monoisotopic (exact) mass is 429 g/mol. The molecule has 2 aliphatic rings. The number of thioether (sulfide) groups is 1. The van der Waals surface area contributed by atoms with E-state index in [0.29, 0.717) is 31.1 Å². The Morgan fingerprint density at radius 1 is 1.27 bits per heavy atom. The zero-order valence-electron chi connectivity index (χ0n) is 16.6. The third kappa shape index (κ3) is 4.33. The largest absolute Gasteiger partial charge is 0.416 e. The fourth-order valence-corrected chi connectivity index (χ4v) is 4.31. The first-order valence-electron chi connectivity index (χ1n) is 9.90. The van der Waals surface area contributed by atoms with E-state index in [1.807, 2.05) is 30.3 Å². The molecule has 2 fully saturated rings. The van der Waals surface area contributed by atoms with E-state index in [1.165, 1.54) is 0 Å². The Kier molecular flexibility index (Phi) is 5.76. The number of carbonyl (C=O) groups excluding carboxylic acids is 3. The maximum Gasteiger partial charge on any atom is 0.344 e. The number of nitrogens with zero attached hydrogens (tertiary/aromatic N) is 3. The highest BCUT2D eigenvalue weighted by Gasteiger charge is 2.52. The van der Waals surface area contributed by atoms with Crippen LogP contribution in [0.15, 0.2) is 40.0 Å². The molecule has 2 N–H and O–H groups in total. The number of amides is 4. The summed E-state index contributed by atoms with van der Waals surface area (Å²) in [5, 5.41) is 11.7. The van der Waals surface area contributed by atoms with Crippen LogP contribution in [0.1, 0.15) is 44.1 Å². The van der Waals surface area contributed by atoms with Gasteiger partial charge in [0.05, 0.1) is 12.2 Å². The smallest absolute Gasteiger partial charge is 0.344 e. The summed E-state index contributed by atoms with van der Waals surface area (Å²) in [6, 6.07) is 9.12. The number of nitrogens with one attached hydrogen (secondary N) is 2. The quantitative estimate of drug-likeness (QED) is 0.534. The molecule has 1 aliphatic heterocycles. The lowest BCUT2D eigenvalue weighted by molar-refractivity contribution is -0.139. The number of carbonyl (C=O) groups is 3. The van der Waals surface area contributed by atoms with Gasteiger partial charge in [0, 0.05) is 0 Å². The number of imide groups is 1. The van der Waals surface area contributed by atoms with Crippen LogP contribution in [-0.2, 0) is 16.0 Å². The summed E-state index contributed by atoms with van der Waals surface area (Å²) < 4.78 is 5.55. The summed E-state index contributed by atoms with van der Waals surface area (Å²) in [5.41, 5.74) is 2.56. The van der Waals surface area contributed by atoms with E-state index < -0.39 is 17.5 Å². The van der Waals surface area contributed by atoms with Crippen molar-refractivity contribution in [1.82, 2.24) is 25.9 Å². The molecule has 4 rings (SSSR count). The molecular formula is C20H23N5O4S. The molecule has 1 saturated carbocycles. The van der Waals surface area contributed by atoms with E-state index in [4.69, 9.17) is 4.42 Å². The van der Waals surface area contributed by atoms with Crippen molar-refractivity contribution < 1.29 is 18.8 Å². The van der Waals surface area contributed by atoms with Crippen molar-refractivity contribution >= 4 is 29.6 Å². The van der Waals surface area contributed by atoms with E-state index in [9.17, 15) is 14.4 Å². The number of hydrogen-bond donors (Lipinski definition) is 2. The standard InChI is InChI=1S/C20H23N5O4S/c1-13-7-9-20(10-8-13)17(27)25(18(28)21-20)24-15(26)12-30-19-23-22-16(29-19)11-14-5-3-2-4-6-14/h2-6,13H,7-12H2,1H3,(H,21,28)(H,24,26). The van der Waals surface area contributed by atoms with Crippen molar-refractivity contribution in [2.24, 2.45) is 5.92 Å². The van der Waals surface area contributed by atoms with Crippen molar-refractivity contribution in [2.75, 3.05) is 5.75 Å². The SMILES string of the molecule is CC1CCC2(CC1)NC(=O)N(NC(=O)CSc1nnc(Cc3ccccc3)o1)C2=O. The average molecular weight is 430 g/mol. The zero-order valence-corrected chi connectivity index (χ0v) is 17.4. The molecule has 4 amide bonds. The van der Waals surface area contributed by atoms with Crippen LogP contribution in [0.4, 0.5) is 4.79 Å². The van der Waals surface area contributed by atoms with Crippen molar-refractivity contribution in [2.45, 2.75) is 49.8 Å². The van der Waals surface area contributed by atoms with E-state index in [0.717, 1.165) is 35.2 Å². The van der Waals surface area contributed by atoms with Crippen LogP contribution >= 0.6 is 11.8 Å². The number of benzene rings is 1. The molecular weight excluding hydrogens is 406 g/mol. The Balaban J connectivity index is 1.29. The molecule has 1 aromatic carbocycles. The van der Waals surface area contributed by atoms with E-state index in [1.54, 1.807) is 0 Å². The highest BCUT2D eigenvalue weighted by atomic mass is 32.2. The lowest BCUT2D eigenvalue weighted by Gasteiger charge is -2.33. The number of rotatable bonds is 6. The van der Waals surface area contributed by atoms with Gasteiger partial charge < -0.3 is 9.73 Å². The topological polar surface area (TPSA) is 117 Å². The van der Waals surface area contributed by atoms with Crippen molar-refractivity contribution in [1.29, 1.82) is 0 Å². The molecule has 1 aliphatic carbocycles. The van der Waals surface area contributed by atoms with Crippen LogP contribution in [0.2, 0.25) is 0 Å². The van der Waals surface area contributed by atoms with Crippen molar-refractivity contribution in [3.05, 3.63) is 41.8 Å². The Hall–Kier alpha value is -2.88. The predicted octanol–water partition coefficient (Wildman–Crippen LogP) is 2.28. The van der Waals surface area contributed by atoms with Gasteiger partial charge in [-0.05, 0) is 37.2 Å². The fourth-order valence-electron chi connectivity index (χ4n) is 3.74. The van der Waals surface area contributed by atoms with E-state index >= 15 is 0 Å². The van der Waals surface area contributed by atoms with Crippen molar-refractivity contribution in [3.63, 3.8) is 0 Å². The first-order chi connectivity index (χ1) is 14.4. The molecule has 1 aromatic heterocycles. The minimum atomic E-state index is -0.886. The first-order valence-corrected chi connectivity index (χ1v) is 10.9. The predicted molar refractivity (Wildman–Crippen MR) is 108 cm³/mol. The first kappa shape index (κ1) is 20.4. The Labute approximate surface area is 177 Å². The van der Waals surface area contributed by atoms with Gasteiger partial charge >= 0.3 is 6.03 Å². The third-order valence-electron chi connectivity index (χ3n) is 5.50. The van der Waals surface area contributed by atoms with Gasteiger partial charge in [0.25, 0.3) is 11.1 Å². The van der Waals surface area contributed by atoms with Crippen LogP contribution in [0.5, 0.6) is 0 Å². The maximum absolute atomic E-state index is 12.8. The van der Waals surface area contributed by atoms with Gasteiger partial charge in [-0.1, -0.05) is 49.0 Å². The van der Waals surface area contributed by atoms with Crippen LogP contribution in [0.25, 0.3) is 0 Å². The number of hydrogen-bond acceptors (Lipinski definition) is 7. The van der Waals surface area contributed by atoms with Crippen LogP contribution in [0.3, 0.4) is 0 Å². The molecule has 1 saturated heterocycles. The molecule has 2 heterocycles. The molecule has 0 unspecified atom stereocenters. The molecule has 0 bridgehead atoms. The molecule has 158 valence electrons. The summed E-state index contributed by atoms with van der Waals surface area (Å²) in [4.78, 5) is 37.3. The minimum Gasteiger partial charge on any atom is -0.416 e. The van der Waals surface area contributed by atoms with Gasteiger partial charge in [-0.2, -0.15) is 5.01 Å². The highest BCUT2D eigenvalue weighted by molar-refractivity contribution is 7.99. The lowest BCUT2D eigenvalue weighted by Crippen LogP contribution is -2.51. The lowest BCUT2D eigenvalue weighted by atomic mass is 9.77. The van der Waals surface area contributed by atoms with Gasteiger partial charge in [0.2, 0.25) is 11.8 Å². The fraction of sp³-hybridized carbons (Fsp3) is 0.450. The second-order valence-corrected chi connectivity index (χ2v) is 8.71. The summed E-state index contributed by atoms with van der Waals surface area (Å²) in [6.07, 6.45) is 3.42. The van der Waals surface area contributed by atoms with Gasteiger partial charge in [0.15, 0.2) is 0 Å². The minimum absolute atomic E-state index is 0.0614. The van der Waals surface area contributed by atoms with Gasteiger partial charge in [-0.3, -0.25) is 15.0 Å². The normalized spacial score (nSPS) is 23.6. The average Bonchev–Trinajstić information content (AvgIpc) is 3.28. The second-order valence-electron chi connectivity index (χ2n) is 7.78. The van der Waals surface area contributed by atoms with Crippen LogP contribution in [0, 0.1) is 5.92 Å². The molecule has 30 heavy (non-hydrogen) atoms. The number of aromatic nitrogens is 2. The third-order valence-corrected chi connectivity index (χ3v) is 6.32. The van der Waals surface area contributed by atoms with E-state index in [2.05, 4.69) is 27.9 Å². The van der Waals surface area contributed by atoms with Gasteiger partial charge in [0.1, 0.15) is 5.54 Å². The summed E-state index contributed by atoms with van der Waals surface area (Å²) >= 11 is 1.05. The van der Waals surface area contributed by atoms with Gasteiger partial charge in [-0.15, -0.1) is 10.2 Å². The molecule has 1 spiro atoms. The summed E-state index contributed by atoms with van der Waals surface area (Å²) in [7, 11) is 0. The molecule has 10 heteroatoms. The molecule has 9 nitrogen and oxygen atoms in total. The summed E-state index contributed by atoms with van der Waals surface area (Å²) in [5.74, 6) is 0.0371.